The van der Waals surface area contributed by atoms with E-state index in [0.717, 1.165) is 0 Å². The highest BCUT2D eigenvalue weighted by molar-refractivity contribution is 7.89. The maximum atomic E-state index is 12.2. The van der Waals surface area contributed by atoms with Gasteiger partial charge in [-0.25, -0.2) is 13.1 Å². The van der Waals surface area contributed by atoms with Crippen molar-refractivity contribution in [1.29, 1.82) is 0 Å². The Labute approximate surface area is 123 Å². The lowest BCUT2D eigenvalue weighted by atomic mass is 9.72. The first kappa shape index (κ1) is 15.8. The molecule has 1 saturated carbocycles. The van der Waals surface area contributed by atoms with Crippen molar-refractivity contribution < 1.29 is 13.5 Å². The highest BCUT2D eigenvalue weighted by atomic mass is 32.2. The summed E-state index contributed by atoms with van der Waals surface area (Å²) in [5, 5.41) is 13.2. The van der Waals surface area contributed by atoms with Crippen molar-refractivity contribution in [2.24, 2.45) is 11.0 Å². The van der Waals surface area contributed by atoms with Crippen LogP contribution in [0.2, 0.25) is 0 Å². The molecule has 7 nitrogen and oxygen atoms in total. The molecule has 2 rings (SSSR count). The molecule has 0 radical (unpaired) electrons. The molecule has 8 heteroatoms. The van der Waals surface area contributed by atoms with Crippen LogP contribution in [0.1, 0.15) is 26.7 Å². The molecule has 0 heterocycles. The van der Waals surface area contributed by atoms with Crippen molar-refractivity contribution in [2.45, 2.75) is 43.2 Å². The highest BCUT2D eigenvalue weighted by Gasteiger charge is 2.40. The Balaban J connectivity index is 2.01. The number of sulfonamides is 1. The van der Waals surface area contributed by atoms with Gasteiger partial charge in [-0.15, -0.1) is 0 Å². The lowest BCUT2D eigenvalue weighted by Crippen LogP contribution is -2.50. The van der Waals surface area contributed by atoms with Crippen LogP contribution >= 0.6 is 0 Å². The number of rotatable bonds is 5. The van der Waals surface area contributed by atoms with Crippen molar-refractivity contribution in [2.75, 3.05) is 0 Å². The zero-order valence-electron chi connectivity index (χ0n) is 11.9. The number of benzene rings is 1. The van der Waals surface area contributed by atoms with Crippen molar-refractivity contribution >= 4 is 15.7 Å². The van der Waals surface area contributed by atoms with Gasteiger partial charge < -0.3 is 5.11 Å². The predicted molar refractivity (Wildman–Crippen MR) is 78.4 cm³/mol. The SMILES string of the molecule is CC(C)(O)C1CC(NS(=O)(=O)c2ccc(N=[N+]=[N-])cc2)C1. The molecule has 0 aliphatic heterocycles. The quantitative estimate of drug-likeness (QED) is 0.494. The zero-order chi connectivity index (χ0) is 15.7. The summed E-state index contributed by atoms with van der Waals surface area (Å²) in [4.78, 5) is 2.77. The summed E-state index contributed by atoms with van der Waals surface area (Å²) >= 11 is 0. The lowest BCUT2D eigenvalue weighted by Gasteiger charge is -2.42. The van der Waals surface area contributed by atoms with Crippen LogP contribution in [-0.4, -0.2) is 25.2 Å². The molecule has 0 bridgehead atoms. The molecular formula is C13H18N4O3S. The van der Waals surface area contributed by atoms with E-state index in [1.54, 1.807) is 13.8 Å². The van der Waals surface area contributed by atoms with Crippen molar-refractivity contribution in [3.63, 3.8) is 0 Å². The molecule has 1 aliphatic rings. The molecule has 1 aliphatic carbocycles. The van der Waals surface area contributed by atoms with E-state index >= 15 is 0 Å². The fraction of sp³-hybridized carbons (Fsp3) is 0.538. The van der Waals surface area contributed by atoms with E-state index < -0.39 is 15.6 Å². The van der Waals surface area contributed by atoms with Gasteiger partial charge in [0, 0.05) is 16.6 Å². The smallest absolute Gasteiger partial charge is 0.240 e. The second-order valence-corrected chi connectivity index (χ2v) is 7.54. The maximum Gasteiger partial charge on any atom is 0.240 e. The standard InChI is InChI=1S/C13H18N4O3S/c1-13(2,18)9-7-11(8-9)16-21(19,20)12-5-3-10(4-6-12)15-17-14/h3-6,9,11,16,18H,7-8H2,1-2H3. The van der Waals surface area contributed by atoms with E-state index in [9.17, 15) is 13.5 Å². The first-order valence-electron chi connectivity index (χ1n) is 6.62. The molecule has 114 valence electrons. The van der Waals surface area contributed by atoms with Gasteiger partial charge in [0.2, 0.25) is 10.0 Å². The van der Waals surface area contributed by atoms with E-state index in [-0.39, 0.29) is 16.9 Å². The molecule has 0 spiro atoms. The molecule has 0 saturated heterocycles. The number of hydrogen-bond acceptors (Lipinski definition) is 4. The Morgan fingerprint density at radius 1 is 1.33 bits per heavy atom. The third kappa shape index (κ3) is 3.74. The molecule has 21 heavy (non-hydrogen) atoms. The molecule has 1 aromatic rings. The van der Waals surface area contributed by atoms with Gasteiger partial charge in [0.1, 0.15) is 0 Å². The Morgan fingerprint density at radius 2 is 1.90 bits per heavy atom. The third-order valence-corrected chi connectivity index (χ3v) is 5.30. The monoisotopic (exact) mass is 310 g/mol. The molecule has 0 atom stereocenters. The summed E-state index contributed by atoms with van der Waals surface area (Å²) in [6.07, 6.45) is 1.25. The summed E-state index contributed by atoms with van der Waals surface area (Å²) in [7, 11) is -3.59. The minimum Gasteiger partial charge on any atom is -0.390 e. The maximum absolute atomic E-state index is 12.2. The van der Waals surface area contributed by atoms with Crippen LogP contribution in [-0.2, 0) is 10.0 Å². The fourth-order valence-corrected chi connectivity index (χ4v) is 3.58. The van der Waals surface area contributed by atoms with Gasteiger partial charge in [0.05, 0.1) is 10.5 Å². The van der Waals surface area contributed by atoms with Crippen LogP contribution < -0.4 is 4.72 Å². The fourth-order valence-electron chi connectivity index (χ4n) is 2.32. The first-order chi connectivity index (χ1) is 9.72. The van der Waals surface area contributed by atoms with Gasteiger partial charge >= 0.3 is 0 Å². The highest BCUT2D eigenvalue weighted by Crippen LogP contribution is 2.36. The molecule has 2 N–H and O–H groups in total. The summed E-state index contributed by atoms with van der Waals surface area (Å²) in [6, 6.07) is 5.56. The van der Waals surface area contributed by atoms with E-state index in [1.807, 2.05) is 0 Å². The average molecular weight is 310 g/mol. The normalized spacial score (nSPS) is 22.2. The molecule has 0 unspecified atom stereocenters. The van der Waals surface area contributed by atoms with Crippen LogP contribution in [0, 0.1) is 5.92 Å². The summed E-state index contributed by atoms with van der Waals surface area (Å²) in [5.41, 5.74) is 7.89. The van der Waals surface area contributed by atoms with Gasteiger partial charge in [0.25, 0.3) is 0 Å². The average Bonchev–Trinajstić information content (AvgIpc) is 2.33. The number of aliphatic hydroxyl groups is 1. The van der Waals surface area contributed by atoms with E-state index in [2.05, 4.69) is 14.7 Å². The van der Waals surface area contributed by atoms with E-state index in [0.29, 0.717) is 18.5 Å². The number of hydrogen-bond donors (Lipinski definition) is 2. The minimum atomic E-state index is -3.59. The van der Waals surface area contributed by atoms with Crippen LogP contribution in [0.15, 0.2) is 34.3 Å². The van der Waals surface area contributed by atoms with Crippen LogP contribution in [0.25, 0.3) is 10.4 Å². The molecule has 1 aromatic carbocycles. The van der Waals surface area contributed by atoms with Crippen LogP contribution in [0.3, 0.4) is 0 Å². The largest absolute Gasteiger partial charge is 0.390 e. The molecular weight excluding hydrogens is 292 g/mol. The Bertz CT molecular complexity index is 652. The first-order valence-corrected chi connectivity index (χ1v) is 8.10. The topological polar surface area (TPSA) is 115 Å². The van der Waals surface area contributed by atoms with E-state index in [1.165, 1.54) is 24.3 Å². The molecule has 0 aromatic heterocycles. The van der Waals surface area contributed by atoms with Crippen molar-refractivity contribution in [3.05, 3.63) is 34.7 Å². The van der Waals surface area contributed by atoms with Crippen molar-refractivity contribution in [1.82, 2.24) is 4.72 Å². The van der Waals surface area contributed by atoms with Gasteiger partial charge in [-0.3, -0.25) is 0 Å². The lowest BCUT2D eigenvalue weighted by molar-refractivity contribution is -0.0284. The Morgan fingerprint density at radius 3 is 2.38 bits per heavy atom. The Kier molecular flexibility index (Phi) is 4.25. The van der Waals surface area contributed by atoms with Crippen molar-refractivity contribution in [3.8, 4) is 0 Å². The second-order valence-electron chi connectivity index (χ2n) is 5.82. The Hall–Kier alpha value is -1.60. The van der Waals surface area contributed by atoms with Gasteiger partial charge in [-0.2, -0.15) is 0 Å². The summed E-state index contributed by atoms with van der Waals surface area (Å²) in [6.45, 7) is 3.47. The third-order valence-electron chi connectivity index (χ3n) is 3.77. The number of nitrogens with one attached hydrogen (secondary N) is 1. The number of nitrogens with zero attached hydrogens (tertiary/aromatic N) is 3. The number of azide groups is 1. The summed E-state index contributed by atoms with van der Waals surface area (Å²) in [5.74, 6) is 0.109. The van der Waals surface area contributed by atoms with Crippen LogP contribution in [0.4, 0.5) is 5.69 Å². The van der Waals surface area contributed by atoms with Gasteiger partial charge in [-0.05, 0) is 50.3 Å². The molecule has 0 amide bonds. The summed E-state index contributed by atoms with van der Waals surface area (Å²) < 4.78 is 27.0. The van der Waals surface area contributed by atoms with Gasteiger partial charge in [0.15, 0.2) is 0 Å². The second kappa shape index (κ2) is 5.65. The van der Waals surface area contributed by atoms with Gasteiger partial charge in [-0.1, -0.05) is 17.2 Å². The minimum absolute atomic E-state index is 0.109. The molecule has 1 fully saturated rings. The predicted octanol–water partition coefficient (Wildman–Crippen LogP) is 2.46. The van der Waals surface area contributed by atoms with Crippen LogP contribution in [0.5, 0.6) is 0 Å². The van der Waals surface area contributed by atoms with E-state index in [4.69, 9.17) is 5.53 Å². The zero-order valence-corrected chi connectivity index (χ0v) is 12.7.